The van der Waals surface area contributed by atoms with Gasteiger partial charge in [-0.15, -0.1) is 4.73 Å². The van der Waals surface area contributed by atoms with Gasteiger partial charge < -0.3 is 9.94 Å². The number of nitro groups is 1. The summed E-state index contributed by atoms with van der Waals surface area (Å²) in [6.07, 6.45) is 1.12. The number of pyridine rings is 1. The van der Waals surface area contributed by atoms with Crippen LogP contribution in [0.2, 0.25) is 0 Å². The third-order valence-electron chi connectivity index (χ3n) is 2.35. The van der Waals surface area contributed by atoms with Crippen LogP contribution in [-0.4, -0.2) is 4.92 Å². The van der Waals surface area contributed by atoms with Crippen molar-refractivity contribution in [2.24, 2.45) is 0 Å². The summed E-state index contributed by atoms with van der Waals surface area (Å²) in [5.74, 6) is 0.318. The van der Waals surface area contributed by atoms with Crippen LogP contribution in [0.25, 0.3) is 0 Å². The molecule has 0 amide bonds. The van der Waals surface area contributed by atoms with E-state index in [9.17, 15) is 15.3 Å². The third kappa shape index (κ3) is 3.68. The molecular formula is C14H16N2O4. The van der Waals surface area contributed by atoms with Crippen molar-refractivity contribution < 1.29 is 14.4 Å². The van der Waals surface area contributed by atoms with E-state index < -0.39 is 4.92 Å². The molecule has 0 fully saturated rings. The lowest BCUT2D eigenvalue weighted by Crippen LogP contribution is -2.28. The molecule has 0 N–H and O–H groups in total. The van der Waals surface area contributed by atoms with Gasteiger partial charge in [-0.25, -0.2) is 0 Å². The Morgan fingerprint density at radius 2 is 1.80 bits per heavy atom. The zero-order valence-corrected chi connectivity index (χ0v) is 11.6. The highest BCUT2D eigenvalue weighted by Gasteiger charge is 2.20. The van der Waals surface area contributed by atoms with Crippen LogP contribution in [0.3, 0.4) is 0 Å². The number of nitrogens with zero attached hydrogens (tertiary/aromatic N) is 2. The Kier molecular flexibility index (Phi) is 5.46. The van der Waals surface area contributed by atoms with Gasteiger partial charge in [-0.3, -0.25) is 10.1 Å². The molecule has 0 bridgehead atoms. The predicted octanol–water partition coefficient (Wildman–Crippen LogP) is 3.36. The van der Waals surface area contributed by atoms with E-state index in [1.165, 1.54) is 6.92 Å². The smallest absolute Gasteiger partial charge is 0.391 e. The molecule has 106 valence electrons. The zero-order valence-electron chi connectivity index (χ0n) is 11.6. The first-order valence-corrected chi connectivity index (χ1v) is 6.19. The Hall–Kier alpha value is -2.63. The van der Waals surface area contributed by atoms with E-state index in [-0.39, 0.29) is 17.1 Å². The van der Waals surface area contributed by atoms with E-state index in [2.05, 4.69) is 0 Å². The van der Waals surface area contributed by atoms with Gasteiger partial charge in [0.25, 0.3) is 5.69 Å². The molecule has 0 saturated heterocycles. The fraction of sp³-hybridized carbons (Fsp3) is 0.214. The first-order chi connectivity index (χ1) is 9.58. The van der Waals surface area contributed by atoms with Crippen molar-refractivity contribution in [3.63, 3.8) is 0 Å². The number of aryl methyl sites for hydroxylation is 1. The molecule has 1 aromatic heterocycles. The fourth-order valence-corrected chi connectivity index (χ4v) is 1.48. The molecule has 0 unspecified atom stereocenters. The van der Waals surface area contributed by atoms with E-state index in [1.54, 1.807) is 30.3 Å². The van der Waals surface area contributed by atoms with E-state index >= 15 is 0 Å². The number of para-hydroxylation sites is 1. The molecule has 2 aromatic rings. The summed E-state index contributed by atoms with van der Waals surface area (Å²) >= 11 is 0. The van der Waals surface area contributed by atoms with Gasteiger partial charge in [0.05, 0.1) is 10.5 Å². The van der Waals surface area contributed by atoms with Crippen molar-refractivity contribution in [2.45, 2.75) is 20.8 Å². The highest BCUT2D eigenvalue weighted by molar-refractivity contribution is 5.39. The van der Waals surface area contributed by atoms with Crippen molar-refractivity contribution in [1.82, 2.24) is 0 Å². The van der Waals surface area contributed by atoms with Gasteiger partial charge in [-0.2, -0.15) is 0 Å². The summed E-state index contributed by atoms with van der Waals surface area (Å²) in [5.41, 5.74) is 0.142. The maximum absolute atomic E-state index is 11.6. The fourth-order valence-electron chi connectivity index (χ4n) is 1.48. The number of rotatable bonds is 3. The molecule has 1 aromatic carbocycles. The van der Waals surface area contributed by atoms with Crippen LogP contribution in [0.1, 0.15) is 19.4 Å². The minimum Gasteiger partial charge on any atom is -0.616 e. The number of hydrogen-bond donors (Lipinski definition) is 0. The lowest BCUT2D eigenvalue weighted by Gasteiger charge is -2.06. The van der Waals surface area contributed by atoms with Crippen LogP contribution in [-0.2, 0) is 0 Å². The molecule has 1 heterocycles. The summed E-state index contributed by atoms with van der Waals surface area (Å²) < 4.78 is 5.77. The maximum atomic E-state index is 11.6. The van der Waals surface area contributed by atoms with Crippen LogP contribution in [0.15, 0.2) is 42.6 Å². The third-order valence-corrected chi connectivity index (χ3v) is 2.35. The van der Waals surface area contributed by atoms with E-state index in [0.29, 0.717) is 10.5 Å². The average molecular weight is 276 g/mol. The largest absolute Gasteiger partial charge is 0.616 e. The SMILES string of the molecule is CC.Cc1c[n+]([O-])c(Oc2ccccc2)cc1[N+](=O)[O-]. The molecule has 0 saturated carbocycles. The summed E-state index contributed by atoms with van der Waals surface area (Å²) in [5, 5.41) is 22.4. The average Bonchev–Trinajstić information content (AvgIpc) is 2.45. The molecule has 0 radical (unpaired) electrons. The first-order valence-electron chi connectivity index (χ1n) is 6.19. The lowest BCUT2D eigenvalue weighted by atomic mass is 10.2. The quantitative estimate of drug-likeness (QED) is 0.372. The van der Waals surface area contributed by atoms with Gasteiger partial charge in [-0.05, 0) is 19.1 Å². The first kappa shape index (κ1) is 15.4. The molecule has 6 nitrogen and oxygen atoms in total. The molecule has 2 rings (SSSR count). The molecule has 6 heteroatoms. The molecule has 0 aliphatic rings. The molecule has 0 atom stereocenters. The van der Waals surface area contributed by atoms with Gasteiger partial charge in [0.15, 0.2) is 6.20 Å². The number of ether oxygens (including phenoxy) is 1. The number of benzene rings is 1. The highest BCUT2D eigenvalue weighted by Crippen LogP contribution is 2.23. The van der Waals surface area contributed by atoms with E-state index in [0.717, 1.165) is 12.3 Å². The van der Waals surface area contributed by atoms with Crippen molar-refractivity contribution in [3.8, 4) is 11.6 Å². The molecular weight excluding hydrogens is 260 g/mol. The van der Waals surface area contributed by atoms with Crippen LogP contribution in [0, 0.1) is 22.2 Å². The number of hydrogen-bond acceptors (Lipinski definition) is 4. The van der Waals surface area contributed by atoms with Crippen molar-refractivity contribution >= 4 is 5.69 Å². The van der Waals surface area contributed by atoms with Gasteiger partial charge >= 0.3 is 5.88 Å². The van der Waals surface area contributed by atoms with E-state index in [4.69, 9.17) is 4.74 Å². The van der Waals surface area contributed by atoms with Gasteiger partial charge in [0.2, 0.25) is 0 Å². The summed E-state index contributed by atoms with van der Waals surface area (Å²) in [7, 11) is 0. The van der Waals surface area contributed by atoms with Crippen molar-refractivity contribution in [3.05, 3.63) is 63.5 Å². The van der Waals surface area contributed by atoms with Crippen LogP contribution >= 0.6 is 0 Å². The van der Waals surface area contributed by atoms with Gasteiger partial charge in [0, 0.05) is 0 Å². The summed E-state index contributed by atoms with van der Waals surface area (Å²) in [4.78, 5) is 10.2. The molecule has 0 spiro atoms. The minimum absolute atomic E-state index is 0.126. The van der Waals surface area contributed by atoms with Crippen molar-refractivity contribution in [2.75, 3.05) is 0 Å². The molecule has 20 heavy (non-hydrogen) atoms. The monoisotopic (exact) mass is 276 g/mol. The molecule has 0 aliphatic heterocycles. The number of aromatic nitrogens is 1. The maximum Gasteiger partial charge on any atom is 0.391 e. The van der Waals surface area contributed by atoms with Gasteiger partial charge in [-0.1, -0.05) is 32.0 Å². The Bertz CT molecular complexity index is 585. The predicted molar refractivity (Wildman–Crippen MR) is 74.7 cm³/mol. The Balaban J connectivity index is 0.000000956. The second-order valence-electron chi connectivity index (χ2n) is 3.68. The van der Waals surface area contributed by atoms with E-state index in [1.807, 2.05) is 13.8 Å². The highest BCUT2D eigenvalue weighted by atomic mass is 16.6. The molecule has 0 aliphatic carbocycles. The Morgan fingerprint density at radius 1 is 1.20 bits per heavy atom. The standard InChI is InChI=1S/C12H10N2O4.C2H6/c1-9-8-13(15)12(7-11(9)14(16)17)18-10-5-3-2-4-6-10;1-2/h2-8H,1H3;1-2H3. The normalized spacial score (nSPS) is 9.35. The second kappa shape index (κ2) is 7.08. The van der Waals surface area contributed by atoms with Crippen LogP contribution in [0.5, 0.6) is 11.6 Å². The minimum atomic E-state index is -0.548. The summed E-state index contributed by atoms with van der Waals surface area (Å²) in [6.45, 7) is 5.50. The van der Waals surface area contributed by atoms with Crippen LogP contribution in [0.4, 0.5) is 5.69 Å². The van der Waals surface area contributed by atoms with Gasteiger partial charge in [0.1, 0.15) is 11.8 Å². The Morgan fingerprint density at radius 3 is 2.35 bits per heavy atom. The lowest BCUT2D eigenvalue weighted by molar-refractivity contribution is -0.612. The summed E-state index contributed by atoms with van der Waals surface area (Å²) in [6, 6.07) is 9.72. The zero-order chi connectivity index (χ0) is 15.1. The van der Waals surface area contributed by atoms with Crippen LogP contribution < -0.4 is 9.47 Å². The second-order valence-corrected chi connectivity index (χ2v) is 3.68. The Labute approximate surface area is 117 Å². The van der Waals surface area contributed by atoms with Crippen molar-refractivity contribution in [1.29, 1.82) is 0 Å². The topological polar surface area (TPSA) is 79.3 Å².